The number of rotatable bonds is 11. The maximum absolute atomic E-state index is 13.9. The zero-order valence-electron chi connectivity index (χ0n) is 32.1. The topological polar surface area (TPSA) is 131 Å². The van der Waals surface area contributed by atoms with Gasteiger partial charge in [0.2, 0.25) is 0 Å². The van der Waals surface area contributed by atoms with Crippen molar-refractivity contribution in [2.75, 3.05) is 16.8 Å². The van der Waals surface area contributed by atoms with Crippen LogP contribution in [0.25, 0.3) is 21.3 Å². The van der Waals surface area contributed by atoms with Gasteiger partial charge in [-0.1, -0.05) is 66.8 Å². The molecule has 0 saturated heterocycles. The number of nitrogens with zero attached hydrogens (tertiary/aromatic N) is 3. The summed E-state index contributed by atoms with van der Waals surface area (Å²) in [4.78, 5) is 50.3. The lowest BCUT2D eigenvalue weighted by Gasteiger charge is -2.31. The number of benzene rings is 4. The summed E-state index contributed by atoms with van der Waals surface area (Å²) >= 11 is 1.44. The number of ether oxygens (including phenoxy) is 2. The highest BCUT2D eigenvalue weighted by Crippen LogP contribution is 2.37. The lowest BCUT2D eigenvalue weighted by atomic mass is 9.94. The Labute approximate surface area is 330 Å². The monoisotopic (exact) mass is 768 g/mol. The molecule has 0 spiro atoms. The maximum Gasteiger partial charge on any atom is 0.358 e. The van der Waals surface area contributed by atoms with Gasteiger partial charge in [0.1, 0.15) is 22.9 Å². The van der Waals surface area contributed by atoms with Crippen LogP contribution < -0.4 is 15.0 Å². The molecule has 0 bridgehead atoms. The second-order valence-electron chi connectivity index (χ2n) is 15.1. The molecule has 2 aromatic heterocycles. The van der Waals surface area contributed by atoms with Crippen LogP contribution in [0, 0.1) is 6.92 Å². The van der Waals surface area contributed by atoms with Crippen molar-refractivity contribution in [3.8, 4) is 22.6 Å². The molecule has 1 aliphatic heterocycles. The number of carbonyl (C=O) groups is 3. The minimum atomic E-state index is -0.804. The number of esters is 1. The minimum absolute atomic E-state index is 0.100. The van der Waals surface area contributed by atoms with Crippen molar-refractivity contribution < 1.29 is 29.0 Å². The number of carboxylic acids is 1. The van der Waals surface area contributed by atoms with E-state index in [9.17, 15) is 14.4 Å². The Morgan fingerprint density at radius 1 is 0.911 bits per heavy atom. The van der Waals surface area contributed by atoms with Crippen LogP contribution in [0.5, 0.6) is 11.5 Å². The number of fused-ring (bicyclic) bond motifs is 2. The van der Waals surface area contributed by atoms with Crippen molar-refractivity contribution in [1.82, 2.24) is 9.97 Å². The van der Waals surface area contributed by atoms with Crippen LogP contribution >= 0.6 is 11.3 Å². The fourth-order valence-corrected chi connectivity index (χ4v) is 7.78. The van der Waals surface area contributed by atoms with Crippen LogP contribution in [0.15, 0.2) is 97.1 Å². The molecule has 2 N–H and O–H groups in total. The van der Waals surface area contributed by atoms with Gasteiger partial charge in [-0.25, -0.2) is 14.8 Å². The molecule has 6 aromatic rings. The number of thiazole rings is 1. The van der Waals surface area contributed by atoms with Crippen LogP contribution in [-0.2, 0) is 22.5 Å². The van der Waals surface area contributed by atoms with E-state index >= 15 is 0 Å². The average Bonchev–Trinajstić information content (AvgIpc) is 3.59. The smallest absolute Gasteiger partial charge is 0.358 e. The number of anilines is 2. The Morgan fingerprint density at radius 3 is 2.43 bits per heavy atom. The van der Waals surface area contributed by atoms with Crippen LogP contribution in [0.2, 0.25) is 0 Å². The SMILES string of the molecule is Cc1c(Oc2ccc(C(C)CCC(=O)O)cc2)cccc1-c1ccc(N2CCc3cccc(C(=O)Nc4nc5ccccc5s4)c3C2)nc1C(=O)OC(C)(C)C. The average molecular weight is 769 g/mol. The molecule has 3 heterocycles. The number of para-hydroxylation sites is 1. The van der Waals surface area contributed by atoms with Gasteiger partial charge >= 0.3 is 11.9 Å². The van der Waals surface area contributed by atoms with E-state index in [2.05, 4.69) is 21.3 Å². The largest absolute Gasteiger partial charge is 0.481 e. The first-order chi connectivity index (χ1) is 26.8. The zero-order chi connectivity index (χ0) is 39.6. The molecular weight excluding hydrogens is 725 g/mol. The lowest BCUT2D eigenvalue weighted by molar-refractivity contribution is -0.137. The molecule has 4 aromatic carbocycles. The summed E-state index contributed by atoms with van der Waals surface area (Å²) in [5.41, 5.74) is 6.10. The number of amides is 1. The van der Waals surface area contributed by atoms with Gasteiger partial charge in [0.25, 0.3) is 5.91 Å². The van der Waals surface area contributed by atoms with Crippen LogP contribution in [0.4, 0.5) is 10.9 Å². The molecule has 1 aliphatic rings. The number of carboxylic acid groups (broad SMARTS) is 1. The van der Waals surface area contributed by atoms with Gasteiger partial charge in [-0.3, -0.25) is 14.9 Å². The minimum Gasteiger partial charge on any atom is -0.481 e. The summed E-state index contributed by atoms with van der Waals surface area (Å²) in [5, 5.41) is 12.6. The Hall–Kier alpha value is -6.07. The highest BCUT2D eigenvalue weighted by atomic mass is 32.1. The number of pyridine rings is 1. The van der Waals surface area contributed by atoms with Crippen LogP contribution in [-0.4, -0.2) is 45.1 Å². The molecule has 10 nitrogen and oxygen atoms in total. The second kappa shape index (κ2) is 16.0. The molecule has 0 aliphatic carbocycles. The van der Waals surface area contributed by atoms with Crippen molar-refractivity contribution in [1.29, 1.82) is 0 Å². The summed E-state index contributed by atoms with van der Waals surface area (Å²) in [6.45, 7) is 10.5. The van der Waals surface area contributed by atoms with Gasteiger partial charge in [0.05, 0.1) is 10.2 Å². The lowest BCUT2D eigenvalue weighted by Crippen LogP contribution is -2.33. The number of aliphatic carboxylic acids is 1. The van der Waals surface area contributed by atoms with E-state index in [1.807, 2.05) is 126 Å². The first-order valence-electron chi connectivity index (χ1n) is 18.7. The van der Waals surface area contributed by atoms with Crippen molar-refractivity contribution in [3.63, 3.8) is 0 Å². The summed E-state index contributed by atoms with van der Waals surface area (Å²) in [5.74, 6) is 0.394. The van der Waals surface area contributed by atoms with Crippen LogP contribution in [0.3, 0.4) is 0 Å². The van der Waals surface area contributed by atoms with E-state index in [4.69, 9.17) is 19.6 Å². The van der Waals surface area contributed by atoms with Gasteiger partial charge in [-0.05, 0) is 123 Å². The van der Waals surface area contributed by atoms with Crippen molar-refractivity contribution in [2.45, 2.75) is 71.9 Å². The third-order valence-corrected chi connectivity index (χ3v) is 10.8. The molecule has 1 unspecified atom stereocenters. The highest BCUT2D eigenvalue weighted by Gasteiger charge is 2.28. The second-order valence-corrected chi connectivity index (χ2v) is 16.1. The van der Waals surface area contributed by atoms with Crippen molar-refractivity contribution >= 4 is 50.3 Å². The van der Waals surface area contributed by atoms with Gasteiger partial charge in [-0.2, -0.15) is 0 Å². The third kappa shape index (κ3) is 8.58. The molecule has 1 amide bonds. The van der Waals surface area contributed by atoms with E-state index in [0.29, 0.717) is 59.5 Å². The fourth-order valence-electron chi connectivity index (χ4n) is 6.92. The van der Waals surface area contributed by atoms with Gasteiger partial charge in [0, 0.05) is 30.6 Å². The number of aromatic nitrogens is 2. The fraction of sp³-hybridized carbons (Fsp3) is 0.267. The molecule has 1 atom stereocenters. The van der Waals surface area contributed by atoms with E-state index in [-0.39, 0.29) is 23.9 Å². The van der Waals surface area contributed by atoms with Gasteiger partial charge in [0.15, 0.2) is 10.8 Å². The first-order valence-corrected chi connectivity index (χ1v) is 19.5. The number of carbonyl (C=O) groups excluding carboxylic acids is 2. The predicted molar refractivity (Wildman–Crippen MR) is 220 cm³/mol. The molecule has 11 heteroatoms. The summed E-state index contributed by atoms with van der Waals surface area (Å²) < 4.78 is 13.2. The molecule has 286 valence electrons. The first kappa shape index (κ1) is 38.2. The molecule has 0 fully saturated rings. The Kier molecular flexibility index (Phi) is 10.9. The summed E-state index contributed by atoms with van der Waals surface area (Å²) in [7, 11) is 0. The Balaban J connectivity index is 1.16. The standard InChI is InChI=1S/C45H44N4O6S/c1-27(16-23-40(50)51)29-17-19-31(20-18-29)54-37-14-9-11-32(28(37)2)33-21-22-39(47-41(33)43(53)55-45(3,4)5)49-25-24-30-10-8-12-34(35(30)26-49)42(52)48-44-46-36-13-6-7-15-38(36)56-44/h6-15,17-22,27H,16,23-26H2,1-5H3,(H,50,51)(H,46,48,52). The number of nitrogens with one attached hydrogen (secondary N) is 1. The van der Waals surface area contributed by atoms with Crippen molar-refractivity contribution in [2.24, 2.45) is 0 Å². The zero-order valence-corrected chi connectivity index (χ0v) is 32.9. The maximum atomic E-state index is 13.9. The molecule has 0 saturated carbocycles. The summed E-state index contributed by atoms with van der Waals surface area (Å²) in [6.07, 6.45) is 1.37. The van der Waals surface area contributed by atoms with Crippen LogP contribution in [0.1, 0.15) is 89.6 Å². The number of hydrogen-bond acceptors (Lipinski definition) is 9. The third-order valence-electron chi connectivity index (χ3n) is 9.87. The van der Waals surface area contributed by atoms with E-state index in [1.165, 1.54) is 11.3 Å². The Bertz CT molecular complexity index is 2400. The Morgan fingerprint density at radius 2 is 1.68 bits per heavy atom. The van der Waals surface area contributed by atoms with E-state index in [1.54, 1.807) is 0 Å². The molecule has 0 radical (unpaired) electrons. The van der Waals surface area contributed by atoms with Gasteiger partial charge < -0.3 is 19.5 Å². The predicted octanol–water partition coefficient (Wildman–Crippen LogP) is 10.2. The highest BCUT2D eigenvalue weighted by molar-refractivity contribution is 7.22. The normalized spacial score (nSPS) is 13.2. The van der Waals surface area contributed by atoms with Gasteiger partial charge in [-0.15, -0.1) is 0 Å². The molecule has 56 heavy (non-hydrogen) atoms. The molecule has 7 rings (SSSR count). The molecular formula is C45H44N4O6S. The quantitative estimate of drug-likeness (QED) is 0.124. The van der Waals surface area contributed by atoms with E-state index in [0.717, 1.165) is 38.0 Å². The summed E-state index contributed by atoms with van der Waals surface area (Å²) in [6, 6.07) is 30.8. The van der Waals surface area contributed by atoms with Crippen molar-refractivity contribution in [3.05, 3.63) is 131 Å². The van der Waals surface area contributed by atoms with E-state index < -0.39 is 17.5 Å². The number of hydrogen-bond donors (Lipinski definition) is 2.